The summed E-state index contributed by atoms with van der Waals surface area (Å²) in [5, 5.41) is 2.29. The highest BCUT2D eigenvalue weighted by molar-refractivity contribution is 8.00. The summed E-state index contributed by atoms with van der Waals surface area (Å²) in [6.45, 7) is 0. The molecule has 2 nitrogen and oxygen atoms in total. The van der Waals surface area contributed by atoms with Gasteiger partial charge in [-0.05, 0) is 23.9 Å². The van der Waals surface area contributed by atoms with Crippen molar-refractivity contribution in [2.45, 2.75) is 10.4 Å². The number of amides is 1. The number of carbonyl (C=O) groups is 1. The van der Waals surface area contributed by atoms with Crippen molar-refractivity contribution in [1.29, 1.82) is 0 Å². The molecule has 0 unspecified atom stereocenters. The smallest absolute Gasteiger partial charge is 0.324 e. The highest BCUT2D eigenvalue weighted by Gasteiger charge is 2.30. The van der Waals surface area contributed by atoms with Gasteiger partial charge in [-0.2, -0.15) is 13.2 Å². The van der Waals surface area contributed by atoms with Gasteiger partial charge >= 0.3 is 5.51 Å². The molecule has 88 valence electrons. The number of alkyl halides is 4. The van der Waals surface area contributed by atoms with Crippen LogP contribution in [0.25, 0.3) is 0 Å². The van der Waals surface area contributed by atoms with Crippen LogP contribution >= 0.6 is 23.4 Å². The molecular weight excluding hydrogens is 263 g/mol. The van der Waals surface area contributed by atoms with Crippen molar-refractivity contribution in [2.75, 3.05) is 11.2 Å². The number of hydrogen-bond acceptors (Lipinski definition) is 2. The Kier molecular flexibility index (Phi) is 4.49. The Morgan fingerprint density at radius 1 is 1.38 bits per heavy atom. The van der Waals surface area contributed by atoms with Gasteiger partial charge in [-0.1, -0.05) is 12.1 Å². The minimum atomic E-state index is -4.39. The van der Waals surface area contributed by atoms with Gasteiger partial charge in [0.05, 0.1) is 5.69 Å². The first-order chi connectivity index (χ1) is 7.42. The van der Waals surface area contributed by atoms with E-state index in [1.54, 1.807) is 0 Å². The molecule has 16 heavy (non-hydrogen) atoms. The van der Waals surface area contributed by atoms with Crippen LogP contribution in [0.15, 0.2) is 29.2 Å². The third kappa shape index (κ3) is 4.32. The number of carbonyl (C=O) groups excluding carboxylic acids is 1. The molecule has 0 spiro atoms. The summed E-state index contributed by atoms with van der Waals surface area (Å²) in [5.41, 5.74) is -4.28. The number of thioether (sulfide) groups is 1. The van der Waals surface area contributed by atoms with Crippen LogP contribution in [-0.2, 0) is 4.79 Å². The lowest BCUT2D eigenvalue weighted by Crippen LogP contribution is -2.13. The van der Waals surface area contributed by atoms with Gasteiger partial charge in [0, 0.05) is 4.90 Å². The van der Waals surface area contributed by atoms with Gasteiger partial charge in [0.25, 0.3) is 0 Å². The predicted octanol–water partition coefficient (Wildman–Crippen LogP) is 3.48. The molecule has 0 bridgehead atoms. The molecule has 0 aliphatic rings. The van der Waals surface area contributed by atoms with Gasteiger partial charge in [0.15, 0.2) is 0 Å². The molecule has 1 aromatic rings. The average Bonchev–Trinajstić information content (AvgIpc) is 2.18. The number of nitrogens with one attached hydrogen (secondary N) is 1. The number of halogens is 4. The Balaban J connectivity index is 2.87. The highest BCUT2D eigenvalue weighted by atomic mass is 35.5. The molecule has 0 heterocycles. The third-order valence-corrected chi connectivity index (χ3v) is 2.56. The maximum Gasteiger partial charge on any atom is 0.446 e. The molecule has 0 aromatic heterocycles. The van der Waals surface area contributed by atoms with E-state index < -0.39 is 11.4 Å². The highest BCUT2D eigenvalue weighted by Crippen LogP contribution is 2.40. The van der Waals surface area contributed by atoms with E-state index in [0.717, 1.165) is 0 Å². The molecule has 0 fully saturated rings. The van der Waals surface area contributed by atoms with Crippen LogP contribution in [0.1, 0.15) is 0 Å². The van der Waals surface area contributed by atoms with Crippen LogP contribution in [0.3, 0.4) is 0 Å². The van der Waals surface area contributed by atoms with Crippen molar-refractivity contribution in [3.05, 3.63) is 24.3 Å². The van der Waals surface area contributed by atoms with Gasteiger partial charge in [0.2, 0.25) is 5.91 Å². The predicted molar refractivity (Wildman–Crippen MR) is 57.7 cm³/mol. The Morgan fingerprint density at radius 2 is 2.00 bits per heavy atom. The fraction of sp³-hybridized carbons (Fsp3) is 0.222. The van der Waals surface area contributed by atoms with Crippen LogP contribution in [0.2, 0.25) is 0 Å². The van der Waals surface area contributed by atoms with E-state index in [0.29, 0.717) is 0 Å². The maximum absolute atomic E-state index is 12.2. The lowest BCUT2D eigenvalue weighted by molar-refractivity contribution is -0.113. The zero-order chi connectivity index (χ0) is 12.2. The molecule has 0 atom stereocenters. The van der Waals surface area contributed by atoms with Crippen molar-refractivity contribution >= 4 is 35.0 Å². The maximum atomic E-state index is 12.2. The molecule has 1 aromatic carbocycles. The monoisotopic (exact) mass is 269 g/mol. The number of para-hydroxylation sites is 1. The fourth-order valence-corrected chi connectivity index (χ4v) is 1.66. The number of benzene rings is 1. The lowest BCUT2D eigenvalue weighted by Gasteiger charge is -2.11. The van der Waals surface area contributed by atoms with Crippen molar-refractivity contribution in [1.82, 2.24) is 0 Å². The first-order valence-corrected chi connectivity index (χ1v) is 5.48. The first-order valence-electron chi connectivity index (χ1n) is 4.13. The zero-order valence-corrected chi connectivity index (χ0v) is 9.42. The van der Waals surface area contributed by atoms with Crippen molar-refractivity contribution in [2.24, 2.45) is 0 Å². The second-order valence-electron chi connectivity index (χ2n) is 2.73. The van der Waals surface area contributed by atoms with Gasteiger partial charge in [-0.3, -0.25) is 4.79 Å². The summed E-state index contributed by atoms with van der Waals surface area (Å²) < 4.78 is 36.5. The molecule has 1 amide bonds. The normalized spacial score (nSPS) is 11.2. The molecule has 0 radical (unpaired) electrons. The second kappa shape index (κ2) is 5.45. The van der Waals surface area contributed by atoms with Gasteiger partial charge in [-0.15, -0.1) is 11.6 Å². The summed E-state index contributed by atoms with van der Waals surface area (Å²) >= 11 is 4.97. The topological polar surface area (TPSA) is 29.1 Å². The van der Waals surface area contributed by atoms with E-state index in [4.69, 9.17) is 11.6 Å². The number of hydrogen-bond donors (Lipinski definition) is 1. The zero-order valence-electron chi connectivity index (χ0n) is 7.84. The Morgan fingerprint density at radius 3 is 2.56 bits per heavy atom. The molecule has 0 aliphatic carbocycles. The first kappa shape index (κ1) is 13.2. The van der Waals surface area contributed by atoms with E-state index in [2.05, 4.69) is 5.32 Å². The lowest BCUT2D eigenvalue weighted by atomic mass is 10.3. The molecule has 0 aliphatic heterocycles. The molecule has 7 heteroatoms. The molecule has 1 rings (SSSR count). The van der Waals surface area contributed by atoms with Crippen molar-refractivity contribution in [3.8, 4) is 0 Å². The van der Waals surface area contributed by atoms with Crippen molar-refractivity contribution < 1.29 is 18.0 Å². The van der Waals surface area contributed by atoms with Crippen LogP contribution in [0.5, 0.6) is 0 Å². The quantitative estimate of drug-likeness (QED) is 0.672. The molecular formula is C9H7ClF3NOS. The second-order valence-corrected chi connectivity index (χ2v) is 4.10. The standard InChI is InChI=1S/C9H7ClF3NOS/c10-5-8(15)14-6-3-1-2-4-7(6)16-9(11,12)13/h1-4H,5H2,(H,14,15). The summed E-state index contributed by atoms with van der Waals surface area (Å²) in [4.78, 5) is 10.9. The molecule has 1 N–H and O–H groups in total. The van der Waals surface area contributed by atoms with E-state index >= 15 is 0 Å². The minimum Gasteiger partial charge on any atom is -0.324 e. The van der Waals surface area contributed by atoms with Crippen LogP contribution in [-0.4, -0.2) is 17.3 Å². The van der Waals surface area contributed by atoms with E-state index in [1.807, 2.05) is 0 Å². The fourth-order valence-electron chi connectivity index (χ4n) is 0.967. The van der Waals surface area contributed by atoms with Crippen LogP contribution < -0.4 is 5.32 Å². The summed E-state index contributed by atoms with van der Waals surface area (Å²) in [5.74, 6) is -0.845. The Hall–Kier alpha value is -0.880. The molecule has 0 saturated carbocycles. The van der Waals surface area contributed by atoms with E-state index in [1.165, 1.54) is 24.3 Å². The largest absolute Gasteiger partial charge is 0.446 e. The van der Waals surface area contributed by atoms with Gasteiger partial charge < -0.3 is 5.32 Å². The van der Waals surface area contributed by atoms with Crippen LogP contribution in [0, 0.1) is 0 Å². The Labute approximate surface area is 99.2 Å². The third-order valence-electron chi connectivity index (χ3n) is 1.51. The number of rotatable bonds is 3. The SMILES string of the molecule is O=C(CCl)Nc1ccccc1SC(F)(F)F. The number of anilines is 1. The molecule has 0 saturated heterocycles. The summed E-state index contributed by atoms with van der Waals surface area (Å²) in [6, 6.07) is 5.66. The summed E-state index contributed by atoms with van der Waals surface area (Å²) in [6.07, 6.45) is 0. The minimum absolute atomic E-state index is 0.0616. The average molecular weight is 270 g/mol. The van der Waals surface area contributed by atoms with Crippen molar-refractivity contribution in [3.63, 3.8) is 0 Å². The van der Waals surface area contributed by atoms with Crippen LogP contribution in [0.4, 0.5) is 18.9 Å². The van der Waals surface area contributed by atoms with Gasteiger partial charge in [0.1, 0.15) is 5.88 Å². The van der Waals surface area contributed by atoms with E-state index in [9.17, 15) is 18.0 Å². The van der Waals surface area contributed by atoms with Gasteiger partial charge in [-0.25, -0.2) is 0 Å². The van der Waals surface area contributed by atoms with E-state index in [-0.39, 0.29) is 28.2 Å². The Bertz CT molecular complexity index is 383. The summed E-state index contributed by atoms with van der Waals surface area (Å²) in [7, 11) is 0.